The zero-order chi connectivity index (χ0) is 13.2. The Morgan fingerprint density at radius 3 is 2.89 bits per heavy atom. The lowest BCUT2D eigenvalue weighted by Gasteiger charge is -2.35. The topological polar surface area (TPSA) is 50.8 Å². The zero-order valence-corrected chi connectivity index (χ0v) is 10.8. The molecule has 1 fully saturated rings. The molecule has 1 saturated heterocycles. The first-order valence-corrected chi connectivity index (χ1v) is 6.29. The van der Waals surface area contributed by atoms with Crippen LogP contribution < -0.4 is 14.8 Å². The highest BCUT2D eigenvalue weighted by molar-refractivity contribution is 5.92. The van der Waals surface area contributed by atoms with Crippen LogP contribution in [0.15, 0.2) is 24.3 Å². The van der Waals surface area contributed by atoms with E-state index in [-0.39, 0.29) is 12.7 Å². The van der Waals surface area contributed by atoms with Crippen LogP contribution in [0.3, 0.4) is 0 Å². The fourth-order valence-corrected chi connectivity index (χ4v) is 2.03. The van der Waals surface area contributed by atoms with E-state index in [4.69, 9.17) is 9.47 Å². The molecule has 0 unspecified atom stereocenters. The summed E-state index contributed by atoms with van der Waals surface area (Å²) in [6.45, 7) is 2.01. The normalized spacial score (nSPS) is 17.5. The van der Waals surface area contributed by atoms with Crippen LogP contribution in [0.4, 0.5) is 0 Å². The van der Waals surface area contributed by atoms with Gasteiger partial charge in [-0.05, 0) is 23.8 Å². The summed E-state index contributed by atoms with van der Waals surface area (Å²) in [5.41, 5.74) is 0.928. The standard InChI is InChI=1S/C14H16N2O3/c1-16(11-7-15-8-11)14(17)5-3-10-2-4-12-13(6-10)19-9-18-12/h2-6,11,15H,7-9H2,1H3. The molecule has 0 radical (unpaired) electrons. The van der Waals surface area contributed by atoms with Crippen molar-refractivity contribution in [2.75, 3.05) is 26.9 Å². The zero-order valence-electron chi connectivity index (χ0n) is 10.8. The van der Waals surface area contributed by atoms with Crippen LogP contribution in [0.25, 0.3) is 6.08 Å². The molecule has 0 atom stereocenters. The van der Waals surface area contributed by atoms with Gasteiger partial charge in [-0.2, -0.15) is 0 Å². The molecule has 5 heteroatoms. The summed E-state index contributed by atoms with van der Waals surface area (Å²) in [5.74, 6) is 1.50. The number of fused-ring (bicyclic) bond motifs is 1. The van der Waals surface area contributed by atoms with E-state index >= 15 is 0 Å². The molecule has 100 valence electrons. The van der Waals surface area contributed by atoms with E-state index in [0.29, 0.717) is 6.04 Å². The first kappa shape index (κ1) is 12.0. The Bertz CT molecular complexity index is 523. The van der Waals surface area contributed by atoms with Crippen molar-refractivity contribution in [2.45, 2.75) is 6.04 Å². The number of benzene rings is 1. The summed E-state index contributed by atoms with van der Waals surface area (Å²) in [5, 5.41) is 3.15. The predicted molar refractivity (Wildman–Crippen MR) is 71.0 cm³/mol. The molecular weight excluding hydrogens is 244 g/mol. The molecule has 0 spiro atoms. The smallest absolute Gasteiger partial charge is 0.246 e. The molecule has 19 heavy (non-hydrogen) atoms. The number of nitrogens with one attached hydrogen (secondary N) is 1. The Labute approximate surface area is 111 Å². The second kappa shape index (κ2) is 4.93. The van der Waals surface area contributed by atoms with Gasteiger partial charge in [0.15, 0.2) is 11.5 Å². The van der Waals surface area contributed by atoms with Gasteiger partial charge in [-0.3, -0.25) is 4.79 Å². The third kappa shape index (κ3) is 2.42. The van der Waals surface area contributed by atoms with Crippen LogP contribution in [0, 0.1) is 0 Å². The number of hydrogen-bond acceptors (Lipinski definition) is 4. The Morgan fingerprint density at radius 1 is 1.37 bits per heavy atom. The van der Waals surface area contributed by atoms with Gasteiger partial charge in [-0.25, -0.2) is 0 Å². The average Bonchev–Trinajstić information content (AvgIpc) is 2.80. The van der Waals surface area contributed by atoms with Crippen molar-refractivity contribution >= 4 is 12.0 Å². The molecule has 1 amide bonds. The molecule has 0 aliphatic carbocycles. The van der Waals surface area contributed by atoms with Crippen LogP contribution in [-0.2, 0) is 4.79 Å². The number of nitrogens with zero attached hydrogens (tertiary/aromatic N) is 1. The lowest BCUT2D eigenvalue weighted by Crippen LogP contribution is -2.57. The van der Waals surface area contributed by atoms with Crippen LogP contribution in [-0.4, -0.2) is 43.8 Å². The minimum absolute atomic E-state index is 0.0177. The second-order valence-electron chi connectivity index (χ2n) is 4.71. The highest BCUT2D eigenvalue weighted by atomic mass is 16.7. The molecule has 1 N–H and O–H groups in total. The van der Waals surface area contributed by atoms with E-state index < -0.39 is 0 Å². The summed E-state index contributed by atoms with van der Waals surface area (Å²) in [7, 11) is 1.83. The van der Waals surface area contributed by atoms with Crippen LogP contribution in [0.2, 0.25) is 0 Å². The molecule has 0 bridgehead atoms. The molecule has 5 nitrogen and oxygen atoms in total. The number of ether oxygens (including phenoxy) is 2. The maximum absolute atomic E-state index is 11.9. The monoisotopic (exact) mass is 260 g/mol. The summed E-state index contributed by atoms with van der Waals surface area (Å²) in [6.07, 6.45) is 3.39. The number of likely N-dealkylation sites (N-methyl/N-ethyl adjacent to an activating group) is 1. The highest BCUT2D eigenvalue weighted by Crippen LogP contribution is 2.32. The van der Waals surface area contributed by atoms with Gasteiger partial charge in [0.25, 0.3) is 0 Å². The maximum Gasteiger partial charge on any atom is 0.246 e. The minimum Gasteiger partial charge on any atom is -0.454 e. The summed E-state index contributed by atoms with van der Waals surface area (Å²) < 4.78 is 10.5. The van der Waals surface area contributed by atoms with Crippen molar-refractivity contribution in [3.05, 3.63) is 29.8 Å². The van der Waals surface area contributed by atoms with E-state index in [2.05, 4.69) is 5.32 Å². The molecule has 0 saturated carbocycles. The van der Waals surface area contributed by atoms with Crippen LogP contribution in [0.1, 0.15) is 5.56 Å². The summed E-state index contributed by atoms with van der Waals surface area (Å²) >= 11 is 0. The van der Waals surface area contributed by atoms with Gasteiger partial charge in [0.2, 0.25) is 12.7 Å². The lowest BCUT2D eigenvalue weighted by atomic mass is 10.1. The quantitative estimate of drug-likeness (QED) is 0.819. The molecular formula is C14H16N2O3. The summed E-state index contributed by atoms with van der Waals surface area (Å²) in [4.78, 5) is 13.7. The maximum atomic E-state index is 11.9. The molecule has 3 rings (SSSR count). The van der Waals surface area contributed by atoms with Gasteiger partial charge in [-0.15, -0.1) is 0 Å². The SMILES string of the molecule is CN(C(=O)C=Cc1ccc2c(c1)OCO2)C1CNC1. The average molecular weight is 260 g/mol. The third-order valence-electron chi connectivity index (χ3n) is 3.47. The molecule has 1 aromatic rings. The highest BCUT2D eigenvalue weighted by Gasteiger charge is 2.23. The van der Waals surface area contributed by atoms with E-state index in [1.807, 2.05) is 25.2 Å². The number of carbonyl (C=O) groups excluding carboxylic acids is 1. The van der Waals surface area contributed by atoms with Crippen molar-refractivity contribution < 1.29 is 14.3 Å². The summed E-state index contributed by atoms with van der Waals surface area (Å²) in [6, 6.07) is 5.94. The van der Waals surface area contributed by atoms with Crippen molar-refractivity contribution in [1.82, 2.24) is 10.2 Å². The van der Waals surface area contributed by atoms with Crippen molar-refractivity contribution in [3.8, 4) is 11.5 Å². The number of carbonyl (C=O) groups is 1. The van der Waals surface area contributed by atoms with Gasteiger partial charge in [0.1, 0.15) is 0 Å². The molecule has 2 aliphatic rings. The third-order valence-corrected chi connectivity index (χ3v) is 3.47. The van der Waals surface area contributed by atoms with Crippen molar-refractivity contribution in [2.24, 2.45) is 0 Å². The van der Waals surface area contributed by atoms with Gasteiger partial charge < -0.3 is 19.7 Å². The molecule has 1 aromatic carbocycles. The van der Waals surface area contributed by atoms with E-state index in [9.17, 15) is 4.79 Å². The van der Waals surface area contributed by atoms with Crippen LogP contribution in [0.5, 0.6) is 11.5 Å². The number of rotatable bonds is 3. The van der Waals surface area contributed by atoms with Gasteiger partial charge in [0.05, 0.1) is 6.04 Å². The first-order valence-electron chi connectivity index (χ1n) is 6.29. The van der Waals surface area contributed by atoms with Gasteiger partial charge in [-0.1, -0.05) is 6.07 Å². The number of hydrogen-bond donors (Lipinski definition) is 1. The number of amides is 1. The van der Waals surface area contributed by atoms with Gasteiger partial charge in [0, 0.05) is 26.2 Å². The van der Waals surface area contributed by atoms with Gasteiger partial charge >= 0.3 is 0 Å². The Kier molecular flexibility index (Phi) is 3.13. The van der Waals surface area contributed by atoms with E-state index in [0.717, 1.165) is 30.2 Å². The second-order valence-corrected chi connectivity index (χ2v) is 4.71. The molecule has 2 aliphatic heterocycles. The molecule has 0 aromatic heterocycles. The van der Waals surface area contributed by atoms with E-state index in [1.54, 1.807) is 17.1 Å². The first-order chi connectivity index (χ1) is 9.24. The minimum atomic E-state index is 0.0177. The fourth-order valence-electron chi connectivity index (χ4n) is 2.03. The Hall–Kier alpha value is -2.01. The molecule has 2 heterocycles. The Balaban J connectivity index is 1.66. The largest absolute Gasteiger partial charge is 0.454 e. The Morgan fingerprint density at radius 2 is 2.16 bits per heavy atom. The predicted octanol–water partition coefficient (Wildman–Crippen LogP) is 0.859. The fraction of sp³-hybridized carbons (Fsp3) is 0.357. The lowest BCUT2D eigenvalue weighted by molar-refractivity contribution is -0.127. The van der Waals surface area contributed by atoms with E-state index in [1.165, 1.54) is 0 Å². The van der Waals surface area contributed by atoms with Crippen molar-refractivity contribution in [1.29, 1.82) is 0 Å². The van der Waals surface area contributed by atoms with Crippen LogP contribution >= 0.6 is 0 Å². The van der Waals surface area contributed by atoms with Crippen molar-refractivity contribution in [3.63, 3.8) is 0 Å².